The van der Waals surface area contributed by atoms with Gasteiger partial charge in [-0.15, -0.1) is 0 Å². The van der Waals surface area contributed by atoms with Crippen molar-refractivity contribution >= 4 is 40.7 Å². The summed E-state index contributed by atoms with van der Waals surface area (Å²) < 4.78 is 18.4. The molecule has 0 N–H and O–H groups in total. The van der Waals surface area contributed by atoms with Crippen LogP contribution in [0, 0.1) is 10.1 Å². The van der Waals surface area contributed by atoms with E-state index in [4.69, 9.17) is 25.5 Å². The van der Waals surface area contributed by atoms with Crippen LogP contribution >= 0.6 is 22.9 Å². The summed E-state index contributed by atoms with van der Waals surface area (Å²) in [5.41, 5.74) is 1.26. The van der Waals surface area contributed by atoms with Crippen LogP contribution in [0.2, 0.25) is 5.02 Å². The zero-order valence-corrected chi connectivity index (χ0v) is 23.1. The number of hydrogen-bond donors (Lipinski definition) is 0. The summed E-state index contributed by atoms with van der Waals surface area (Å²) in [4.78, 5) is 42.3. The molecule has 0 saturated heterocycles. The van der Waals surface area contributed by atoms with E-state index in [0.29, 0.717) is 42.7 Å². The second-order valence-electron chi connectivity index (χ2n) is 8.67. The lowest BCUT2D eigenvalue weighted by molar-refractivity contribution is -0.384. The highest BCUT2D eigenvalue weighted by Gasteiger charge is 2.34. The average Bonchev–Trinajstić information content (AvgIpc) is 3.52. The third-order valence-electron chi connectivity index (χ3n) is 6.28. The standard InChI is InChI=1S/C28H22ClN3O7S/c1-4-38-27(34)24-15(2)30-28-31(25(24)18-7-5-6-8-20(18)29)26(33)23(40-28)14-17-10-12-21(39-17)19-11-9-16(32(35)36)13-22(19)37-3/h5-14,25H,4H2,1-3H3/b23-14-. The molecule has 1 aliphatic rings. The van der Waals surface area contributed by atoms with Crippen LogP contribution in [0.15, 0.2) is 80.1 Å². The molecule has 1 unspecified atom stereocenters. The number of halogens is 1. The first-order valence-electron chi connectivity index (χ1n) is 12.1. The summed E-state index contributed by atoms with van der Waals surface area (Å²) in [6.07, 6.45) is 1.58. The Kier molecular flexibility index (Phi) is 7.42. The molecule has 1 atom stereocenters. The Morgan fingerprint density at radius 2 is 2.02 bits per heavy atom. The van der Waals surface area contributed by atoms with E-state index in [0.717, 1.165) is 11.3 Å². The Morgan fingerprint density at radius 1 is 1.25 bits per heavy atom. The number of allylic oxidation sites excluding steroid dienone is 1. The fourth-order valence-corrected chi connectivity index (χ4v) is 5.75. The van der Waals surface area contributed by atoms with Crippen molar-refractivity contribution in [3.05, 3.63) is 112 Å². The lowest BCUT2D eigenvalue weighted by Gasteiger charge is -2.25. The first kappa shape index (κ1) is 27.1. The molecule has 10 nitrogen and oxygen atoms in total. The lowest BCUT2D eigenvalue weighted by Crippen LogP contribution is -2.40. The highest BCUT2D eigenvalue weighted by molar-refractivity contribution is 7.07. The van der Waals surface area contributed by atoms with Crippen LogP contribution in [-0.4, -0.2) is 29.2 Å². The number of methoxy groups -OCH3 is 1. The van der Waals surface area contributed by atoms with Crippen molar-refractivity contribution in [1.29, 1.82) is 0 Å². The van der Waals surface area contributed by atoms with Crippen molar-refractivity contribution in [1.82, 2.24) is 4.57 Å². The van der Waals surface area contributed by atoms with E-state index in [2.05, 4.69) is 4.99 Å². The second kappa shape index (κ2) is 10.9. The molecule has 0 fully saturated rings. The smallest absolute Gasteiger partial charge is 0.338 e. The maximum Gasteiger partial charge on any atom is 0.338 e. The Labute approximate surface area is 236 Å². The summed E-state index contributed by atoms with van der Waals surface area (Å²) >= 11 is 7.68. The quantitative estimate of drug-likeness (QED) is 0.177. The van der Waals surface area contributed by atoms with Crippen molar-refractivity contribution in [3.8, 4) is 17.1 Å². The number of nitro groups is 1. The fraction of sp³-hybridized carbons (Fsp3) is 0.179. The van der Waals surface area contributed by atoms with Crippen LogP contribution < -0.4 is 19.6 Å². The molecule has 12 heteroatoms. The van der Waals surface area contributed by atoms with E-state index in [9.17, 15) is 19.7 Å². The molecule has 0 bridgehead atoms. The largest absolute Gasteiger partial charge is 0.496 e. The van der Waals surface area contributed by atoms with Crippen molar-refractivity contribution in [2.24, 2.45) is 4.99 Å². The van der Waals surface area contributed by atoms with Gasteiger partial charge in [-0.1, -0.05) is 41.1 Å². The van der Waals surface area contributed by atoms with E-state index < -0.39 is 16.9 Å². The number of nitro benzene ring substituents is 1. The number of carbonyl (C=O) groups is 1. The van der Waals surface area contributed by atoms with Crippen LogP contribution in [0.4, 0.5) is 5.69 Å². The number of hydrogen-bond acceptors (Lipinski definition) is 9. The number of nitrogens with zero attached hydrogens (tertiary/aromatic N) is 3. The van der Waals surface area contributed by atoms with Gasteiger partial charge >= 0.3 is 5.97 Å². The molecule has 0 spiro atoms. The van der Waals surface area contributed by atoms with E-state index in [-0.39, 0.29) is 29.2 Å². The van der Waals surface area contributed by atoms with Gasteiger partial charge in [-0.3, -0.25) is 19.5 Å². The number of non-ortho nitro benzene ring substituents is 1. The van der Waals surface area contributed by atoms with Gasteiger partial charge in [0.05, 0.1) is 46.1 Å². The van der Waals surface area contributed by atoms with Crippen molar-refractivity contribution in [3.63, 3.8) is 0 Å². The van der Waals surface area contributed by atoms with Crippen molar-refractivity contribution in [2.75, 3.05) is 13.7 Å². The molecular formula is C28H22ClN3O7S. The van der Waals surface area contributed by atoms with Gasteiger partial charge < -0.3 is 13.9 Å². The van der Waals surface area contributed by atoms with Gasteiger partial charge in [0.25, 0.3) is 11.2 Å². The number of ether oxygens (including phenoxy) is 2. The van der Waals surface area contributed by atoms with Gasteiger partial charge in [-0.25, -0.2) is 9.79 Å². The number of carbonyl (C=O) groups excluding carboxylic acids is 1. The number of furan rings is 1. The van der Waals surface area contributed by atoms with Crippen LogP contribution in [0.3, 0.4) is 0 Å². The minimum Gasteiger partial charge on any atom is -0.496 e. The molecule has 0 saturated carbocycles. The Morgan fingerprint density at radius 3 is 2.73 bits per heavy atom. The molecule has 2 aromatic carbocycles. The van der Waals surface area contributed by atoms with Gasteiger partial charge in [0, 0.05) is 17.2 Å². The van der Waals surface area contributed by atoms with Gasteiger partial charge in [0.2, 0.25) is 0 Å². The zero-order valence-electron chi connectivity index (χ0n) is 21.5. The van der Waals surface area contributed by atoms with Crippen LogP contribution in [0.1, 0.15) is 31.2 Å². The molecule has 3 heterocycles. The summed E-state index contributed by atoms with van der Waals surface area (Å²) in [6.45, 7) is 3.57. The predicted molar refractivity (Wildman–Crippen MR) is 149 cm³/mol. The molecule has 5 rings (SSSR count). The highest BCUT2D eigenvalue weighted by Crippen LogP contribution is 2.35. The number of fused-ring (bicyclic) bond motifs is 1. The fourth-order valence-electron chi connectivity index (χ4n) is 4.48. The Hall–Kier alpha value is -4.48. The SMILES string of the molecule is CCOC(=O)C1=C(C)N=c2s/c(=C\c3ccc(-c4ccc([N+](=O)[O-])cc4OC)o3)c(=O)n2C1c1ccccc1Cl. The summed E-state index contributed by atoms with van der Waals surface area (Å²) in [5, 5.41) is 11.5. The Bertz CT molecular complexity index is 1870. The van der Waals surface area contributed by atoms with Gasteiger partial charge in [-0.2, -0.15) is 0 Å². The third kappa shape index (κ3) is 4.85. The monoisotopic (exact) mass is 579 g/mol. The van der Waals surface area contributed by atoms with E-state index >= 15 is 0 Å². The lowest BCUT2D eigenvalue weighted by atomic mass is 9.96. The van der Waals surface area contributed by atoms with Crippen LogP contribution in [0.25, 0.3) is 17.4 Å². The van der Waals surface area contributed by atoms with E-state index in [1.807, 2.05) is 0 Å². The number of benzene rings is 2. The molecule has 2 aromatic heterocycles. The molecule has 40 heavy (non-hydrogen) atoms. The molecular weight excluding hydrogens is 558 g/mol. The summed E-state index contributed by atoms with van der Waals surface area (Å²) in [5.74, 6) is 0.475. The normalized spacial score (nSPS) is 15.0. The summed E-state index contributed by atoms with van der Waals surface area (Å²) in [6, 6.07) is 13.7. The van der Waals surface area contributed by atoms with Crippen LogP contribution in [0.5, 0.6) is 5.75 Å². The minimum atomic E-state index is -0.831. The number of esters is 1. The molecule has 204 valence electrons. The maximum absolute atomic E-state index is 13.8. The average molecular weight is 580 g/mol. The van der Waals surface area contributed by atoms with Gasteiger partial charge in [-0.05, 0) is 43.7 Å². The molecule has 0 aliphatic carbocycles. The number of aromatic nitrogens is 1. The second-order valence-corrected chi connectivity index (χ2v) is 10.1. The van der Waals surface area contributed by atoms with E-state index in [1.54, 1.807) is 56.3 Å². The third-order valence-corrected chi connectivity index (χ3v) is 7.61. The Balaban J connectivity index is 1.62. The predicted octanol–water partition coefficient (Wildman–Crippen LogP) is 4.63. The van der Waals surface area contributed by atoms with Crippen molar-refractivity contribution < 1.29 is 23.6 Å². The topological polar surface area (TPSA) is 126 Å². The molecule has 1 aliphatic heterocycles. The number of rotatable bonds is 7. The molecule has 4 aromatic rings. The van der Waals surface area contributed by atoms with Crippen molar-refractivity contribution in [2.45, 2.75) is 19.9 Å². The number of thiazole rings is 1. The maximum atomic E-state index is 13.8. The van der Waals surface area contributed by atoms with Gasteiger partial charge in [0.1, 0.15) is 23.3 Å². The van der Waals surface area contributed by atoms with Gasteiger partial charge in [0.15, 0.2) is 4.80 Å². The van der Waals surface area contributed by atoms with Crippen LogP contribution in [-0.2, 0) is 9.53 Å². The zero-order chi connectivity index (χ0) is 28.6. The minimum absolute atomic E-state index is 0.112. The first-order valence-corrected chi connectivity index (χ1v) is 13.3. The first-order chi connectivity index (χ1) is 19.2. The molecule has 0 radical (unpaired) electrons. The summed E-state index contributed by atoms with van der Waals surface area (Å²) in [7, 11) is 1.41. The molecule has 0 amide bonds. The van der Waals surface area contributed by atoms with E-state index in [1.165, 1.54) is 29.9 Å². The highest BCUT2D eigenvalue weighted by atomic mass is 35.5.